The van der Waals surface area contributed by atoms with Crippen molar-refractivity contribution < 1.29 is 8.82 Å². The second-order valence-corrected chi connectivity index (χ2v) is 13.6. The Hall–Kier alpha value is -0.973. The monoisotopic (exact) mass is 363 g/mol. The topological polar surface area (TPSA) is 35.2 Å². The van der Waals surface area contributed by atoms with Crippen molar-refractivity contribution in [3.8, 4) is 0 Å². The summed E-state index contributed by atoms with van der Waals surface area (Å²) in [6, 6.07) is 9.37. The van der Waals surface area contributed by atoms with Crippen molar-refractivity contribution >= 4 is 8.32 Å². The summed E-state index contributed by atoms with van der Waals surface area (Å²) in [6.45, 7) is 11.9. The van der Waals surface area contributed by atoms with Gasteiger partial charge in [0.2, 0.25) is 0 Å². The summed E-state index contributed by atoms with van der Waals surface area (Å²) < 4.78 is 21.4. The van der Waals surface area contributed by atoms with Crippen LogP contribution in [0.2, 0.25) is 18.1 Å². The molecule has 1 aromatic rings. The van der Waals surface area contributed by atoms with Crippen molar-refractivity contribution in [1.82, 2.24) is 0 Å². The molecule has 0 saturated heterocycles. The molecule has 1 aliphatic carbocycles. The van der Waals surface area contributed by atoms with E-state index in [1.807, 2.05) is 30.3 Å². The lowest BCUT2D eigenvalue weighted by Crippen LogP contribution is -2.42. The smallest absolute Gasteiger partial charge is 0.192 e. The maximum atomic E-state index is 15.0. The molecule has 0 aliphatic heterocycles. The highest BCUT2D eigenvalue weighted by Crippen LogP contribution is 2.40. The first-order valence-corrected chi connectivity index (χ1v) is 12.3. The maximum absolute atomic E-state index is 15.0. The molecule has 4 heteroatoms. The molecule has 1 aliphatic rings. The van der Waals surface area contributed by atoms with Crippen LogP contribution in [-0.2, 0) is 10.8 Å². The van der Waals surface area contributed by atoms with Crippen LogP contribution in [0.4, 0.5) is 4.39 Å². The van der Waals surface area contributed by atoms with Gasteiger partial charge in [0.05, 0.1) is 6.04 Å². The Morgan fingerprint density at radius 1 is 1.28 bits per heavy atom. The predicted octanol–water partition coefficient (Wildman–Crippen LogP) is 5.60. The molecule has 140 valence electrons. The van der Waals surface area contributed by atoms with Gasteiger partial charge in [-0.2, -0.15) is 0 Å². The van der Waals surface area contributed by atoms with E-state index in [4.69, 9.17) is 10.2 Å². The molecule has 0 amide bonds. The van der Waals surface area contributed by atoms with Crippen molar-refractivity contribution in [3.05, 3.63) is 47.3 Å². The third-order valence-electron chi connectivity index (χ3n) is 5.87. The Morgan fingerprint density at radius 3 is 2.52 bits per heavy atom. The third-order valence-corrected chi connectivity index (χ3v) is 10.4. The van der Waals surface area contributed by atoms with Crippen LogP contribution in [0.1, 0.15) is 45.6 Å². The first kappa shape index (κ1) is 20.3. The molecule has 2 rings (SSSR count). The summed E-state index contributed by atoms with van der Waals surface area (Å²) in [4.78, 5) is 0. The van der Waals surface area contributed by atoms with Gasteiger partial charge in [-0.1, -0.05) is 51.1 Å². The lowest BCUT2D eigenvalue weighted by molar-refractivity contribution is 0.245. The predicted molar refractivity (Wildman–Crippen MR) is 107 cm³/mol. The fourth-order valence-corrected chi connectivity index (χ4v) is 4.19. The summed E-state index contributed by atoms with van der Waals surface area (Å²) in [6.07, 6.45) is 3.41. The lowest BCUT2D eigenvalue weighted by Gasteiger charge is -2.37. The Kier molecular flexibility index (Phi) is 6.63. The number of nitrogens with two attached hydrogens (primary N) is 1. The maximum Gasteiger partial charge on any atom is 0.192 e. The van der Waals surface area contributed by atoms with Gasteiger partial charge in [0, 0.05) is 12.5 Å². The van der Waals surface area contributed by atoms with Crippen LogP contribution >= 0.6 is 0 Å². The van der Waals surface area contributed by atoms with E-state index in [1.165, 1.54) is 0 Å². The van der Waals surface area contributed by atoms with Crippen molar-refractivity contribution in [2.24, 2.45) is 11.7 Å². The van der Waals surface area contributed by atoms with E-state index in [9.17, 15) is 0 Å². The molecular formula is C21H34FNOSi. The van der Waals surface area contributed by atoms with Crippen LogP contribution in [0.5, 0.6) is 0 Å². The second kappa shape index (κ2) is 8.15. The molecule has 1 aromatic carbocycles. The van der Waals surface area contributed by atoms with E-state index in [0.29, 0.717) is 13.0 Å². The zero-order valence-electron chi connectivity index (χ0n) is 16.4. The van der Waals surface area contributed by atoms with Gasteiger partial charge < -0.3 is 10.2 Å². The number of rotatable bonds is 6. The molecule has 1 fully saturated rings. The molecule has 0 radical (unpaired) electrons. The van der Waals surface area contributed by atoms with E-state index in [0.717, 1.165) is 30.4 Å². The Balaban J connectivity index is 2.04. The standard InChI is InChI=1S/C21H34FNOSi/c1-21(2,3)25(4,5)24-15-17-12-9-13-18(17)20(22)19(23)14-16-10-7-6-8-11-16/h6-8,10-11,17,19H,9,12-15,23H2,1-5H3/b20-18-. The molecule has 2 atom stereocenters. The highest BCUT2D eigenvalue weighted by molar-refractivity contribution is 6.74. The average molecular weight is 364 g/mol. The minimum atomic E-state index is -1.80. The normalized spacial score (nSPS) is 22.1. The summed E-state index contributed by atoms with van der Waals surface area (Å²) in [7, 11) is -1.80. The average Bonchev–Trinajstić information content (AvgIpc) is 3.00. The van der Waals surface area contributed by atoms with Crippen LogP contribution in [-0.4, -0.2) is 21.0 Å². The fourth-order valence-electron chi connectivity index (χ4n) is 3.14. The third kappa shape index (κ3) is 5.25. The van der Waals surface area contributed by atoms with Gasteiger partial charge in [-0.15, -0.1) is 0 Å². The van der Waals surface area contributed by atoms with Crippen LogP contribution in [0.25, 0.3) is 0 Å². The summed E-state index contributed by atoms with van der Waals surface area (Å²) in [5, 5.41) is 0.178. The lowest BCUT2D eigenvalue weighted by atomic mass is 9.97. The van der Waals surface area contributed by atoms with Gasteiger partial charge >= 0.3 is 0 Å². The van der Waals surface area contributed by atoms with Crippen LogP contribution in [0.3, 0.4) is 0 Å². The number of benzene rings is 1. The van der Waals surface area contributed by atoms with E-state index in [2.05, 4.69) is 33.9 Å². The minimum Gasteiger partial charge on any atom is -0.416 e. The van der Waals surface area contributed by atoms with Gasteiger partial charge in [0.1, 0.15) is 5.83 Å². The molecule has 25 heavy (non-hydrogen) atoms. The minimum absolute atomic E-state index is 0.106. The largest absolute Gasteiger partial charge is 0.416 e. The molecule has 0 bridgehead atoms. The Bertz CT molecular complexity index is 592. The first-order valence-electron chi connectivity index (χ1n) is 9.44. The van der Waals surface area contributed by atoms with Crippen molar-refractivity contribution in [1.29, 1.82) is 0 Å². The van der Waals surface area contributed by atoms with Gasteiger partial charge in [0.25, 0.3) is 0 Å². The highest BCUT2D eigenvalue weighted by atomic mass is 28.4. The summed E-state index contributed by atoms with van der Waals surface area (Å²) in [5.74, 6) is 0.0844. The molecule has 2 N–H and O–H groups in total. The summed E-state index contributed by atoms with van der Waals surface area (Å²) >= 11 is 0. The van der Waals surface area contributed by atoms with Crippen molar-refractivity contribution in [2.45, 2.75) is 70.6 Å². The molecule has 0 spiro atoms. The van der Waals surface area contributed by atoms with E-state index in [1.54, 1.807) is 0 Å². The van der Waals surface area contributed by atoms with Crippen LogP contribution in [0.15, 0.2) is 41.7 Å². The highest BCUT2D eigenvalue weighted by Gasteiger charge is 2.38. The van der Waals surface area contributed by atoms with Crippen LogP contribution < -0.4 is 5.73 Å². The zero-order valence-corrected chi connectivity index (χ0v) is 17.4. The van der Waals surface area contributed by atoms with Gasteiger partial charge in [-0.3, -0.25) is 0 Å². The van der Waals surface area contributed by atoms with Gasteiger partial charge in [-0.05, 0) is 55.0 Å². The Morgan fingerprint density at radius 2 is 1.92 bits per heavy atom. The number of hydrogen-bond acceptors (Lipinski definition) is 2. The summed E-state index contributed by atoms with van der Waals surface area (Å²) in [5.41, 5.74) is 8.16. The van der Waals surface area contributed by atoms with Crippen molar-refractivity contribution in [3.63, 3.8) is 0 Å². The number of hydrogen-bond donors (Lipinski definition) is 1. The molecule has 0 aromatic heterocycles. The van der Waals surface area contributed by atoms with Gasteiger partial charge in [-0.25, -0.2) is 4.39 Å². The molecule has 2 nitrogen and oxygen atoms in total. The first-order chi connectivity index (χ1) is 11.6. The van der Waals surface area contributed by atoms with E-state index in [-0.39, 0.29) is 16.8 Å². The Labute approximate surface area is 153 Å². The van der Waals surface area contributed by atoms with Crippen molar-refractivity contribution in [2.75, 3.05) is 6.61 Å². The quantitative estimate of drug-likeness (QED) is 0.668. The molecular weight excluding hydrogens is 329 g/mol. The van der Waals surface area contributed by atoms with E-state index >= 15 is 4.39 Å². The zero-order chi connectivity index (χ0) is 18.7. The number of halogens is 1. The van der Waals surface area contributed by atoms with Crippen LogP contribution in [0, 0.1) is 5.92 Å². The second-order valence-electron chi connectivity index (χ2n) is 8.83. The van der Waals surface area contributed by atoms with Gasteiger partial charge in [0.15, 0.2) is 8.32 Å². The SMILES string of the molecule is CC(C)(C)[Si](C)(C)OCC1CCC/C1=C(/F)C(N)Cc1ccccc1. The fraction of sp³-hybridized carbons (Fsp3) is 0.619. The molecule has 0 heterocycles. The molecule has 2 unspecified atom stereocenters. The van der Waals surface area contributed by atoms with E-state index < -0.39 is 14.4 Å². The molecule has 1 saturated carbocycles.